The van der Waals surface area contributed by atoms with Gasteiger partial charge < -0.3 is 9.88 Å². The molecule has 1 atom stereocenters. The van der Waals surface area contributed by atoms with E-state index in [-0.39, 0.29) is 16.6 Å². The van der Waals surface area contributed by atoms with Crippen molar-refractivity contribution in [2.24, 2.45) is 7.05 Å². The predicted octanol–water partition coefficient (Wildman–Crippen LogP) is 3.84. The second-order valence-electron chi connectivity index (χ2n) is 6.40. The van der Waals surface area contributed by atoms with Crippen LogP contribution in [0.1, 0.15) is 33.3 Å². The smallest absolute Gasteiger partial charge is 0.237 e. The predicted molar refractivity (Wildman–Crippen MR) is 92.3 cm³/mol. The Morgan fingerprint density at radius 2 is 1.91 bits per heavy atom. The van der Waals surface area contributed by atoms with Crippen LogP contribution in [0.2, 0.25) is 0 Å². The Bertz CT molecular complexity index is 641. The summed E-state index contributed by atoms with van der Waals surface area (Å²) in [5.41, 5.74) is 2.19. The monoisotopic (exact) mass is 317 g/mol. The standard InChI is InChI=1S/C17H23N3OS/c1-12(22-16-18-10-11-20(16)5)15(21)19-14-8-6-13(7-9-14)17(2,3)4/h6-12H,1-5H3,(H,19,21). The summed E-state index contributed by atoms with van der Waals surface area (Å²) in [6.45, 7) is 8.41. The highest BCUT2D eigenvalue weighted by molar-refractivity contribution is 8.00. The van der Waals surface area contributed by atoms with E-state index in [1.165, 1.54) is 17.3 Å². The molecule has 0 fully saturated rings. The van der Waals surface area contributed by atoms with Crippen LogP contribution in [0, 0.1) is 0 Å². The van der Waals surface area contributed by atoms with Crippen molar-refractivity contribution < 1.29 is 4.79 Å². The number of imidazole rings is 1. The molecule has 1 amide bonds. The summed E-state index contributed by atoms with van der Waals surface area (Å²) in [6.07, 6.45) is 3.61. The molecule has 2 rings (SSSR count). The van der Waals surface area contributed by atoms with E-state index in [9.17, 15) is 4.79 Å². The second-order valence-corrected chi connectivity index (χ2v) is 7.71. The Kier molecular flexibility index (Phi) is 4.96. The lowest BCUT2D eigenvalue weighted by Crippen LogP contribution is -2.23. The van der Waals surface area contributed by atoms with Gasteiger partial charge in [0, 0.05) is 25.1 Å². The van der Waals surface area contributed by atoms with Gasteiger partial charge in [0.25, 0.3) is 0 Å². The molecule has 0 saturated heterocycles. The van der Waals surface area contributed by atoms with Gasteiger partial charge in [-0.1, -0.05) is 44.7 Å². The zero-order valence-corrected chi connectivity index (χ0v) is 14.6. The first-order chi connectivity index (χ1) is 10.3. The van der Waals surface area contributed by atoms with Crippen molar-refractivity contribution in [1.82, 2.24) is 9.55 Å². The van der Waals surface area contributed by atoms with Crippen molar-refractivity contribution in [2.45, 2.75) is 43.5 Å². The molecule has 5 heteroatoms. The second kappa shape index (κ2) is 6.57. The van der Waals surface area contributed by atoms with Crippen LogP contribution in [-0.2, 0) is 17.3 Å². The SMILES string of the molecule is CC(Sc1nccn1C)C(=O)Nc1ccc(C(C)(C)C)cc1. The summed E-state index contributed by atoms with van der Waals surface area (Å²) in [5, 5.41) is 3.59. The molecule has 22 heavy (non-hydrogen) atoms. The number of amides is 1. The van der Waals surface area contributed by atoms with Gasteiger partial charge in [-0.2, -0.15) is 0 Å². The lowest BCUT2D eigenvalue weighted by Gasteiger charge is -2.19. The van der Waals surface area contributed by atoms with E-state index >= 15 is 0 Å². The average Bonchev–Trinajstić information content (AvgIpc) is 2.84. The van der Waals surface area contributed by atoms with Crippen molar-refractivity contribution in [3.8, 4) is 0 Å². The number of benzene rings is 1. The van der Waals surface area contributed by atoms with Crippen LogP contribution in [0.25, 0.3) is 0 Å². The highest BCUT2D eigenvalue weighted by Crippen LogP contribution is 2.25. The molecule has 1 aromatic heterocycles. The first-order valence-electron chi connectivity index (χ1n) is 7.33. The molecule has 1 aromatic carbocycles. The summed E-state index contributed by atoms with van der Waals surface area (Å²) >= 11 is 1.45. The van der Waals surface area contributed by atoms with E-state index in [0.717, 1.165) is 10.8 Å². The van der Waals surface area contributed by atoms with E-state index in [0.29, 0.717) is 0 Å². The number of aryl methyl sites for hydroxylation is 1. The number of carbonyl (C=O) groups is 1. The molecule has 4 nitrogen and oxygen atoms in total. The number of hydrogen-bond acceptors (Lipinski definition) is 3. The fraction of sp³-hybridized carbons (Fsp3) is 0.412. The fourth-order valence-electron chi connectivity index (χ4n) is 1.97. The lowest BCUT2D eigenvalue weighted by molar-refractivity contribution is -0.115. The molecule has 0 aliphatic rings. The third kappa shape index (κ3) is 4.13. The van der Waals surface area contributed by atoms with Crippen LogP contribution in [0.5, 0.6) is 0 Å². The molecule has 1 unspecified atom stereocenters. The van der Waals surface area contributed by atoms with E-state index < -0.39 is 0 Å². The number of thioether (sulfide) groups is 1. The summed E-state index contributed by atoms with van der Waals surface area (Å²) < 4.78 is 1.91. The zero-order chi connectivity index (χ0) is 16.3. The minimum atomic E-state index is -0.205. The van der Waals surface area contributed by atoms with Crippen LogP contribution in [0.4, 0.5) is 5.69 Å². The van der Waals surface area contributed by atoms with Gasteiger partial charge in [-0.25, -0.2) is 4.98 Å². The quantitative estimate of drug-likeness (QED) is 0.872. The van der Waals surface area contributed by atoms with E-state index in [1.54, 1.807) is 6.20 Å². The summed E-state index contributed by atoms with van der Waals surface area (Å²) in [4.78, 5) is 16.5. The van der Waals surface area contributed by atoms with Crippen LogP contribution in [-0.4, -0.2) is 20.7 Å². The van der Waals surface area contributed by atoms with E-state index in [4.69, 9.17) is 0 Å². The van der Waals surface area contributed by atoms with Gasteiger partial charge in [-0.3, -0.25) is 4.79 Å². The Labute approximate surface area is 136 Å². The van der Waals surface area contributed by atoms with Gasteiger partial charge in [-0.05, 0) is 30.0 Å². The third-order valence-corrected chi connectivity index (χ3v) is 4.62. The number of nitrogens with one attached hydrogen (secondary N) is 1. The number of carbonyl (C=O) groups excluding carboxylic acids is 1. The maximum absolute atomic E-state index is 12.3. The van der Waals surface area contributed by atoms with Gasteiger partial charge >= 0.3 is 0 Å². The van der Waals surface area contributed by atoms with Crippen LogP contribution >= 0.6 is 11.8 Å². The molecular formula is C17H23N3OS. The van der Waals surface area contributed by atoms with Crippen LogP contribution < -0.4 is 5.32 Å². The molecule has 2 aromatic rings. The zero-order valence-electron chi connectivity index (χ0n) is 13.8. The molecule has 0 radical (unpaired) electrons. The molecular weight excluding hydrogens is 294 g/mol. The highest BCUT2D eigenvalue weighted by Gasteiger charge is 2.17. The molecule has 0 bridgehead atoms. The van der Waals surface area contributed by atoms with Gasteiger partial charge in [0.05, 0.1) is 5.25 Å². The summed E-state index contributed by atoms with van der Waals surface area (Å²) in [7, 11) is 1.92. The average molecular weight is 317 g/mol. The summed E-state index contributed by atoms with van der Waals surface area (Å²) in [5.74, 6) is -0.0171. The Morgan fingerprint density at radius 3 is 2.41 bits per heavy atom. The van der Waals surface area contributed by atoms with Crippen LogP contribution in [0.15, 0.2) is 41.8 Å². The highest BCUT2D eigenvalue weighted by atomic mass is 32.2. The first-order valence-corrected chi connectivity index (χ1v) is 8.21. The van der Waals surface area contributed by atoms with Gasteiger partial charge in [0.1, 0.15) is 0 Å². The molecule has 1 N–H and O–H groups in total. The summed E-state index contributed by atoms with van der Waals surface area (Å²) in [6, 6.07) is 8.03. The normalized spacial score (nSPS) is 13.0. The van der Waals surface area contributed by atoms with Gasteiger partial charge in [0.15, 0.2) is 5.16 Å². The minimum Gasteiger partial charge on any atom is -0.329 e. The van der Waals surface area contributed by atoms with Crippen LogP contribution in [0.3, 0.4) is 0 Å². The van der Waals surface area contributed by atoms with Crippen molar-refractivity contribution in [3.63, 3.8) is 0 Å². The van der Waals surface area contributed by atoms with E-state index in [1.807, 2.05) is 36.9 Å². The molecule has 0 spiro atoms. The Balaban J connectivity index is 1.98. The van der Waals surface area contributed by atoms with Crippen molar-refractivity contribution in [2.75, 3.05) is 5.32 Å². The molecule has 0 saturated carbocycles. The number of rotatable bonds is 4. The number of aromatic nitrogens is 2. The maximum atomic E-state index is 12.3. The molecule has 0 aliphatic carbocycles. The van der Waals surface area contributed by atoms with E-state index in [2.05, 4.69) is 43.2 Å². The Hall–Kier alpha value is -1.75. The van der Waals surface area contributed by atoms with Gasteiger partial charge in [-0.15, -0.1) is 0 Å². The molecule has 0 aliphatic heterocycles. The number of nitrogens with zero attached hydrogens (tertiary/aromatic N) is 2. The maximum Gasteiger partial charge on any atom is 0.237 e. The Morgan fingerprint density at radius 1 is 1.27 bits per heavy atom. The molecule has 1 heterocycles. The van der Waals surface area contributed by atoms with Gasteiger partial charge in [0.2, 0.25) is 5.91 Å². The molecule has 118 valence electrons. The minimum absolute atomic E-state index is 0.0171. The van der Waals surface area contributed by atoms with Crippen molar-refractivity contribution in [1.29, 1.82) is 0 Å². The number of anilines is 1. The topological polar surface area (TPSA) is 46.9 Å². The first kappa shape index (κ1) is 16.6. The number of hydrogen-bond donors (Lipinski definition) is 1. The third-order valence-electron chi connectivity index (χ3n) is 3.45. The van der Waals surface area contributed by atoms with Crippen molar-refractivity contribution in [3.05, 3.63) is 42.2 Å². The lowest BCUT2D eigenvalue weighted by atomic mass is 9.87. The largest absolute Gasteiger partial charge is 0.329 e. The van der Waals surface area contributed by atoms with Crippen molar-refractivity contribution >= 4 is 23.4 Å². The fourth-order valence-corrected chi connectivity index (χ4v) is 2.81.